The number of nitrogens with one attached hydrogen (secondary N) is 2. The molecule has 4 heteroatoms. The van der Waals surface area contributed by atoms with Crippen LogP contribution in [-0.2, 0) is 13.0 Å². The van der Waals surface area contributed by atoms with Crippen molar-refractivity contribution in [1.82, 2.24) is 9.97 Å². The molecule has 0 aliphatic heterocycles. The molecule has 0 spiro atoms. The molecule has 0 unspecified atom stereocenters. The fraction of sp³-hybridized carbons (Fsp3) is 0.188. The third kappa shape index (κ3) is 2.51. The number of para-hydroxylation sites is 1. The summed E-state index contributed by atoms with van der Waals surface area (Å²) < 4.78 is 0. The molecule has 0 aliphatic rings. The van der Waals surface area contributed by atoms with Crippen molar-refractivity contribution in [1.29, 1.82) is 0 Å². The quantitative estimate of drug-likeness (QED) is 0.665. The number of hydrogen-bond acceptors (Lipinski definition) is 3. The number of aromatic amines is 1. The number of aromatic nitrogens is 2. The van der Waals surface area contributed by atoms with Gasteiger partial charge in [0.05, 0.1) is 0 Å². The second kappa shape index (κ2) is 5.75. The summed E-state index contributed by atoms with van der Waals surface area (Å²) in [5.74, 6) is 0.884. The molecule has 4 N–H and O–H groups in total. The summed E-state index contributed by atoms with van der Waals surface area (Å²) in [6, 6.07) is 12.3. The Morgan fingerprint density at radius 2 is 2.00 bits per heavy atom. The van der Waals surface area contributed by atoms with E-state index in [2.05, 4.69) is 39.7 Å². The number of nitrogens with zero attached hydrogens (tertiary/aromatic N) is 1. The molecule has 0 radical (unpaired) electrons. The van der Waals surface area contributed by atoms with Crippen molar-refractivity contribution in [3.8, 4) is 0 Å². The Morgan fingerprint density at radius 3 is 2.90 bits per heavy atom. The molecule has 3 rings (SSSR count). The summed E-state index contributed by atoms with van der Waals surface area (Å²) in [5.41, 5.74) is 9.26. The maximum atomic E-state index is 5.71. The van der Waals surface area contributed by atoms with Crippen LogP contribution in [0.3, 0.4) is 0 Å². The molecule has 0 saturated heterocycles. The topological polar surface area (TPSA) is 66.7 Å². The molecule has 2 heterocycles. The van der Waals surface area contributed by atoms with Gasteiger partial charge in [-0.2, -0.15) is 0 Å². The minimum Gasteiger partial charge on any atom is -0.369 e. The third-order valence-electron chi connectivity index (χ3n) is 3.47. The lowest BCUT2D eigenvalue weighted by Gasteiger charge is -2.09. The first-order valence-electron chi connectivity index (χ1n) is 6.81. The predicted octanol–water partition coefficient (Wildman–Crippen LogP) is 2.68. The van der Waals surface area contributed by atoms with E-state index in [9.17, 15) is 0 Å². The molecule has 1 aromatic carbocycles. The number of anilines is 1. The molecule has 3 aromatic rings. The van der Waals surface area contributed by atoms with Crippen LogP contribution in [0, 0.1) is 0 Å². The molecule has 4 nitrogen and oxygen atoms in total. The van der Waals surface area contributed by atoms with Crippen LogP contribution < -0.4 is 11.1 Å². The van der Waals surface area contributed by atoms with Crippen molar-refractivity contribution in [3.05, 3.63) is 59.9 Å². The fourth-order valence-electron chi connectivity index (χ4n) is 2.42. The van der Waals surface area contributed by atoms with Gasteiger partial charge in [-0.1, -0.05) is 24.3 Å². The molecule has 2 aromatic heterocycles. The highest BCUT2D eigenvalue weighted by Gasteiger charge is 2.04. The smallest absolute Gasteiger partial charge is 0.130 e. The molecule has 20 heavy (non-hydrogen) atoms. The first kappa shape index (κ1) is 12.7. The van der Waals surface area contributed by atoms with Gasteiger partial charge in [0.25, 0.3) is 0 Å². The van der Waals surface area contributed by atoms with E-state index in [4.69, 9.17) is 5.73 Å². The first-order chi connectivity index (χ1) is 9.88. The zero-order valence-corrected chi connectivity index (χ0v) is 11.3. The Labute approximate surface area is 118 Å². The van der Waals surface area contributed by atoms with Gasteiger partial charge in [-0.05, 0) is 24.1 Å². The summed E-state index contributed by atoms with van der Waals surface area (Å²) in [6.45, 7) is 1.34. The molecule has 0 fully saturated rings. The number of nitrogens with two attached hydrogens (primary N) is 1. The third-order valence-corrected chi connectivity index (χ3v) is 3.47. The Hall–Kier alpha value is -2.33. The highest BCUT2D eigenvalue weighted by atomic mass is 15.0. The van der Waals surface area contributed by atoms with E-state index in [0.717, 1.165) is 24.3 Å². The van der Waals surface area contributed by atoms with Crippen molar-refractivity contribution >= 4 is 16.7 Å². The summed E-state index contributed by atoms with van der Waals surface area (Å²) >= 11 is 0. The molecule has 0 saturated carbocycles. The predicted molar refractivity (Wildman–Crippen MR) is 82.6 cm³/mol. The van der Waals surface area contributed by atoms with Gasteiger partial charge in [-0.25, -0.2) is 4.98 Å². The highest BCUT2D eigenvalue weighted by molar-refractivity contribution is 5.83. The summed E-state index contributed by atoms with van der Waals surface area (Å²) in [6.07, 6.45) is 4.81. The summed E-state index contributed by atoms with van der Waals surface area (Å²) in [7, 11) is 0. The minimum absolute atomic E-state index is 0.503. The van der Waals surface area contributed by atoms with Crippen molar-refractivity contribution in [2.75, 3.05) is 11.9 Å². The van der Waals surface area contributed by atoms with Gasteiger partial charge >= 0.3 is 0 Å². The Bertz CT molecular complexity index is 702. The van der Waals surface area contributed by atoms with Gasteiger partial charge in [-0.15, -0.1) is 0 Å². The van der Waals surface area contributed by atoms with Gasteiger partial charge in [0.2, 0.25) is 0 Å². The maximum absolute atomic E-state index is 5.71. The number of hydrogen-bond donors (Lipinski definition) is 3. The average Bonchev–Trinajstić information content (AvgIpc) is 2.91. The summed E-state index contributed by atoms with van der Waals surface area (Å²) in [4.78, 5) is 7.63. The fourth-order valence-corrected chi connectivity index (χ4v) is 2.42. The van der Waals surface area contributed by atoms with Crippen LogP contribution in [0.4, 0.5) is 5.82 Å². The van der Waals surface area contributed by atoms with Gasteiger partial charge < -0.3 is 16.0 Å². The molecular weight excluding hydrogens is 248 g/mol. The van der Waals surface area contributed by atoms with Crippen LogP contribution >= 0.6 is 0 Å². The Kier molecular flexibility index (Phi) is 3.65. The number of fused-ring (bicyclic) bond motifs is 1. The summed E-state index contributed by atoms with van der Waals surface area (Å²) in [5, 5.41) is 4.65. The second-order valence-corrected chi connectivity index (χ2v) is 4.75. The molecule has 0 amide bonds. The van der Waals surface area contributed by atoms with Crippen molar-refractivity contribution < 1.29 is 0 Å². The molecule has 0 bridgehead atoms. The lowest BCUT2D eigenvalue weighted by atomic mass is 10.1. The van der Waals surface area contributed by atoms with Crippen molar-refractivity contribution in [2.45, 2.75) is 13.0 Å². The van der Waals surface area contributed by atoms with Crippen LogP contribution in [0.1, 0.15) is 11.1 Å². The van der Waals surface area contributed by atoms with E-state index in [1.807, 2.05) is 18.2 Å². The molecular formula is C16H18N4. The first-order valence-corrected chi connectivity index (χ1v) is 6.81. The van der Waals surface area contributed by atoms with E-state index < -0.39 is 0 Å². The van der Waals surface area contributed by atoms with E-state index in [1.54, 1.807) is 6.20 Å². The SMILES string of the molecule is NCc1cccnc1NCCc1c[nH]c2ccccc12. The Balaban J connectivity index is 1.68. The van der Waals surface area contributed by atoms with Crippen LogP contribution in [0.15, 0.2) is 48.8 Å². The number of rotatable bonds is 5. The van der Waals surface area contributed by atoms with Gasteiger partial charge in [0.1, 0.15) is 5.82 Å². The number of pyridine rings is 1. The second-order valence-electron chi connectivity index (χ2n) is 4.75. The normalized spacial score (nSPS) is 10.8. The van der Waals surface area contributed by atoms with Crippen LogP contribution in [-0.4, -0.2) is 16.5 Å². The van der Waals surface area contributed by atoms with Crippen LogP contribution in [0.25, 0.3) is 10.9 Å². The van der Waals surface area contributed by atoms with E-state index in [1.165, 1.54) is 16.5 Å². The highest BCUT2D eigenvalue weighted by Crippen LogP contribution is 2.18. The molecule has 102 valence electrons. The largest absolute Gasteiger partial charge is 0.369 e. The van der Waals surface area contributed by atoms with Crippen molar-refractivity contribution in [2.24, 2.45) is 5.73 Å². The van der Waals surface area contributed by atoms with Gasteiger partial charge in [0.15, 0.2) is 0 Å². The zero-order chi connectivity index (χ0) is 13.8. The van der Waals surface area contributed by atoms with E-state index >= 15 is 0 Å². The molecule has 0 aliphatic carbocycles. The van der Waals surface area contributed by atoms with Crippen LogP contribution in [0.2, 0.25) is 0 Å². The lowest BCUT2D eigenvalue weighted by molar-refractivity contribution is 0.985. The number of benzene rings is 1. The minimum atomic E-state index is 0.503. The van der Waals surface area contributed by atoms with E-state index in [0.29, 0.717) is 6.54 Å². The lowest BCUT2D eigenvalue weighted by Crippen LogP contribution is -2.10. The zero-order valence-electron chi connectivity index (χ0n) is 11.3. The Morgan fingerprint density at radius 1 is 1.10 bits per heavy atom. The maximum Gasteiger partial charge on any atom is 0.130 e. The van der Waals surface area contributed by atoms with Crippen LogP contribution in [0.5, 0.6) is 0 Å². The van der Waals surface area contributed by atoms with Crippen molar-refractivity contribution in [3.63, 3.8) is 0 Å². The molecule has 0 atom stereocenters. The van der Waals surface area contributed by atoms with E-state index in [-0.39, 0.29) is 0 Å². The van der Waals surface area contributed by atoms with Gasteiger partial charge in [0, 0.05) is 41.9 Å². The average molecular weight is 266 g/mol. The standard InChI is InChI=1S/C16H18N4/c17-10-12-4-3-8-18-16(12)19-9-7-13-11-20-15-6-2-1-5-14(13)15/h1-6,8,11,20H,7,9-10,17H2,(H,18,19). The number of H-pyrrole nitrogens is 1. The van der Waals surface area contributed by atoms with Gasteiger partial charge in [-0.3, -0.25) is 0 Å². The monoisotopic (exact) mass is 266 g/mol.